The molecule has 1 N–H and O–H groups in total. The highest BCUT2D eigenvalue weighted by atomic mass is 79.9. The zero-order valence-corrected chi connectivity index (χ0v) is 10.6. The fraction of sp³-hybridized carbons (Fsp3) is 0.400. The molecule has 0 bridgehead atoms. The average Bonchev–Trinajstić information content (AvgIpc) is 2.21. The van der Waals surface area contributed by atoms with Gasteiger partial charge in [0.25, 0.3) is 0 Å². The molecule has 3 nitrogen and oxygen atoms in total. The highest BCUT2D eigenvalue weighted by molar-refractivity contribution is 9.10. The highest BCUT2D eigenvalue weighted by Crippen LogP contribution is 2.30. The molecule has 0 aromatic heterocycles. The van der Waals surface area contributed by atoms with Gasteiger partial charge < -0.3 is 9.57 Å². The standard InChI is InChI=1S/C10H11BrF3NO2/c1-2-16-15-6-7-3-4-9(8(11)5-7)17-10(12,13)14/h3-5,15H,2,6H2,1H3. The van der Waals surface area contributed by atoms with Gasteiger partial charge in [0.1, 0.15) is 5.75 Å². The van der Waals surface area contributed by atoms with Gasteiger partial charge in [-0.1, -0.05) is 6.07 Å². The predicted octanol–water partition coefficient (Wildman–Crippen LogP) is 3.39. The molecule has 0 aliphatic rings. The van der Waals surface area contributed by atoms with E-state index >= 15 is 0 Å². The van der Waals surface area contributed by atoms with Crippen molar-refractivity contribution in [3.63, 3.8) is 0 Å². The first-order chi connectivity index (χ1) is 7.92. The van der Waals surface area contributed by atoms with Crippen LogP contribution in [0, 0.1) is 0 Å². The average molecular weight is 314 g/mol. The number of rotatable bonds is 5. The van der Waals surface area contributed by atoms with E-state index < -0.39 is 6.36 Å². The molecule has 1 rings (SSSR count). The summed E-state index contributed by atoms with van der Waals surface area (Å²) >= 11 is 3.02. The molecule has 0 atom stereocenters. The van der Waals surface area contributed by atoms with Gasteiger partial charge in [0.2, 0.25) is 0 Å². The number of hydrogen-bond donors (Lipinski definition) is 1. The van der Waals surface area contributed by atoms with Crippen molar-refractivity contribution in [1.29, 1.82) is 0 Å². The van der Waals surface area contributed by atoms with Gasteiger partial charge in [0.05, 0.1) is 11.1 Å². The van der Waals surface area contributed by atoms with Crippen LogP contribution < -0.4 is 10.2 Å². The molecule has 7 heteroatoms. The van der Waals surface area contributed by atoms with E-state index in [0.29, 0.717) is 13.2 Å². The molecule has 96 valence electrons. The van der Waals surface area contributed by atoms with E-state index in [4.69, 9.17) is 4.84 Å². The van der Waals surface area contributed by atoms with Crippen LogP contribution in [0.3, 0.4) is 0 Å². The summed E-state index contributed by atoms with van der Waals surface area (Å²) in [5.41, 5.74) is 3.44. The van der Waals surface area contributed by atoms with E-state index in [2.05, 4.69) is 26.1 Å². The molecule has 0 saturated carbocycles. The predicted molar refractivity (Wildman–Crippen MR) is 59.3 cm³/mol. The first-order valence-corrected chi connectivity index (χ1v) is 5.60. The second-order valence-electron chi connectivity index (χ2n) is 3.07. The van der Waals surface area contributed by atoms with Crippen LogP contribution in [-0.4, -0.2) is 13.0 Å². The van der Waals surface area contributed by atoms with Crippen molar-refractivity contribution in [3.8, 4) is 5.75 Å². The summed E-state index contributed by atoms with van der Waals surface area (Å²) in [7, 11) is 0. The molecule has 1 aromatic rings. The lowest BCUT2D eigenvalue weighted by Gasteiger charge is -2.11. The lowest BCUT2D eigenvalue weighted by Crippen LogP contribution is -2.17. The number of halogens is 4. The van der Waals surface area contributed by atoms with E-state index in [1.165, 1.54) is 18.2 Å². The first kappa shape index (κ1) is 14.3. The van der Waals surface area contributed by atoms with Gasteiger partial charge in [-0.05, 0) is 40.5 Å². The van der Waals surface area contributed by atoms with Crippen LogP contribution in [-0.2, 0) is 11.4 Å². The van der Waals surface area contributed by atoms with Crippen molar-refractivity contribution >= 4 is 15.9 Å². The minimum atomic E-state index is -4.69. The summed E-state index contributed by atoms with van der Waals surface area (Å²) in [6, 6.07) is 4.31. The first-order valence-electron chi connectivity index (χ1n) is 4.81. The fourth-order valence-corrected chi connectivity index (χ4v) is 1.61. The minimum Gasteiger partial charge on any atom is -0.405 e. The number of alkyl halides is 3. The Balaban J connectivity index is 2.66. The molecule has 17 heavy (non-hydrogen) atoms. The number of hydrogen-bond acceptors (Lipinski definition) is 3. The van der Waals surface area contributed by atoms with Gasteiger partial charge in [-0.25, -0.2) is 0 Å². The molecule has 0 radical (unpaired) electrons. The van der Waals surface area contributed by atoms with E-state index in [0.717, 1.165) is 5.56 Å². The molecule has 0 heterocycles. The Morgan fingerprint density at radius 1 is 1.35 bits per heavy atom. The summed E-state index contributed by atoms with van der Waals surface area (Å²) in [6.45, 7) is 2.73. The number of hydroxylamine groups is 1. The zero-order chi connectivity index (χ0) is 12.9. The molecular formula is C10H11BrF3NO2. The van der Waals surface area contributed by atoms with Gasteiger partial charge in [-0.3, -0.25) is 0 Å². The van der Waals surface area contributed by atoms with Crippen LogP contribution in [0.4, 0.5) is 13.2 Å². The maximum atomic E-state index is 12.0. The molecular weight excluding hydrogens is 303 g/mol. The third-order valence-electron chi connectivity index (χ3n) is 1.74. The summed E-state index contributed by atoms with van der Waals surface area (Å²) in [6.07, 6.45) is -4.69. The molecule has 0 saturated heterocycles. The quantitative estimate of drug-likeness (QED) is 0.667. The van der Waals surface area contributed by atoms with Gasteiger partial charge >= 0.3 is 6.36 Å². The smallest absolute Gasteiger partial charge is 0.405 e. The van der Waals surface area contributed by atoms with Gasteiger partial charge in [-0.15, -0.1) is 13.2 Å². The lowest BCUT2D eigenvalue weighted by atomic mass is 10.2. The van der Waals surface area contributed by atoms with Crippen molar-refractivity contribution < 1.29 is 22.7 Å². The summed E-state index contributed by atoms with van der Waals surface area (Å²) in [5, 5.41) is 0. The van der Waals surface area contributed by atoms with Crippen LogP contribution in [0.15, 0.2) is 22.7 Å². The van der Waals surface area contributed by atoms with Gasteiger partial charge in [0.15, 0.2) is 0 Å². The second-order valence-corrected chi connectivity index (χ2v) is 3.92. The summed E-state index contributed by atoms with van der Waals surface area (Å²) in [5.74, 6) is -0.266. The summed E-state index contributed by atoms with van der Waals surface area (Å²) in [4.78, 5) is 4.91. The SMILES string of the molecule is CCONCc1ccc(OC(F)(F)F)c(Br)c1. The Morgan fingerprint density at radius 2 is 2.06 bits per heavy atom. The number of ether oxygens (including phenoxy) is 1. The Bertz CT molecular complexity index is 371. The largest absolute Gasteiger partial charge is 0.573 e. The highest BCUT2D eigenvalue weighted by Gasteiger charge is 2.31. The van der Waals surface area contributed by atoms with Crippen molar-refractivity contribution in [1.82, 2.24) is 5.48 Å². The molecule has 0 amide bonds. The molecule has 0 aliphatic heterocycles. The maximum absolute atomic E-state index is 12.0. The molecule has 0 fully saturated rings. The third kappa shape index (κ3) is 5.38. The van der Waals surface area contributed by atoms with E-state index in [1.54, 1.807) is 0 Å². The minimum absolute atomic E-state index is 0.241. The van der Waals surface area contributed by atoms with E-state index in [1.807, 2.05) is 6.92 Å². The van der Waals surface area contributed by atoms with E-state index in [9.17, 15) is 13.2 Å². The van der Waals surface area contributed by atoms with Crippen LogP contribution >= 0.6 is 15.9 Å². The summed E-state index contributed by atoms with van der Waals surface area (Å²) < 4.78 is 40.0. The molecule has 1 aromatic carbocycles. The monoisotopic (exact) mass is 313 g/mol. The van der Waals surface area contributed by atoms with E-state index in [-0.39, 0.29) is 10.2 Å². The van der Waals surface area contributed by atoms with Crippen molar-refractivity contribution in [2.75, 3.05) is 6.61 Å². The Morgan fingerprint density at radius 3 is 2.59 bits per heavy atom. The van der Waals surface area contributed by atoms with Crippen molar-refractivity contribution in [3.05, 3.63) is 28.2 Å². The van der Waals surface area contributed by atoms with Gasteiger partial charge in [0, 0.05) is 6.54 Å². The molecule has 0 aliphatic carbocycles. The van der Waals surface area contributed by atoms with Crippen molar-refractivity contribution in [2.24, 2.45) is 0 Å². The number of nitrogens with one attached hydrogen (secondary N) is 1. The molecule has 0 unspecified atom stereocenters. The Hall–Kier alpha value is -0.790. The van der Waals surface area contributed by atoms with Crippen LogP contribution in [0.25, 0.3) is 0 Å². The third-order valence-corrected chi connectivity index (χ3v) is 2.36. The topological polar surface area (TPSA) is 30.5 Å². The lowest BCUT2D eigenvalue weighted by molar-refractivity contribution is -0.274. The van der Waals surface area contributed by atoms with Gasteiger partial charge in [-0.2, -0.15) is 5.48 Å². The van der Waals surface area contributed by atoms with Crippen LogP contribution in [0.1, 0.15) is 12.5 Å². The van der Waals surface area contributed by atoms with Crippen molar-refractivity contribution in [2.45, 2.75) is 19.8 Å². The second kappa shape index (κ2) is 6.23. The number of benzene rings is 1. The Labute approximate surface area is 105 Å². The maximum Gasteiger partial charge on any atom is 0.573 e. The Kier molecular flexibility index (Phi) is 5.23. The molecule has 0 spiro atoms. The zero-order valence-electron chi connectivity index (χ0n) is 8.97. The van der Waals surface area contributed by atoms with Crippen LogP contribution in [0.2, 0.25) is 0 Å². The van der Waals surface area contributed by atoms with Crippen LogP contribution in [0.5, 0.6) is 5.75 Å². The normalized spacial score (nSPS) is 11.6. The fourth-order valence-electron chi connectivity index (χ4n) is 1.10.